The molecule has 3 N–H and O–H groups in total. The van der Waals surface area contributed by atoms with E-state index in [9.17, 15) is 23.9 Å². The summed E-state index contributed by atoms with van der Waals surface area (Å²) in [5.74, 6) is -1.08. The Balaban J connectivity index is 0.000000234. The fraction of sp³-hybridized carbons (Fsp3) is 0.397. The number of carbonyl (C=O) groups is 2. The predicted molar refractivity (Wildman–Crippen MR) is 294 cm³/mol. The van der Waals surface area contributed by atoms with Crippen molar-refractivity contribution in [2.45, 2.75) is 67.6 Å². The van der Waals surface area contributed by atoms with Gasteiger partial charge in [0.2, 0.25) is 0 Å². The number of pyridine rings is 3. The lowest BCUT2D eigenvalue weighted by atomic mass is 9.98. The summed E-state index contributed by atoms with van der Waals surface area (Å²) in [6.45, 7) is 18.4. The van der Waals surface area contributed by atoms with E-state index in [1.165, 1.54) is 0 Å². The first-order valence-electron chi connectivity index (χ1n) is 25.2. The molecule has 2 atom stereocenters. The van der Waals surface area contributed by atoms with Gasteiger partial charge in [0.1, 0.15) is 0 Å². The third-order valence-corrected chi connectivity index (χ3v) is 14.2. The molecule has 2 aromatic carbocycles. The number of fused-ring (bicyclic) bond motifs is 2. The van der Waals surface area contributed by atoms with Crippen LogP contribution in [-0.4, -0.2) is 129 Å². The molecule has 0 aliphatic carbocycles. The average Bonchev–Trinajstić information content (AvgIpc) is 4.01. The molecule has 9 rings (SSSR count). The second-order valence-corrected chi connectivity index (χ2v) is 19.1. The highest BCUT2D eigenvalue weighted by Crippen LogP contribution is 2.37. The first-order chi connectivity index (χ1) is 34.9. The number of carboxylic acid groups (broad SMARTS) is 1. The lowest BCUT2D eigenvalue weighted by Gasteiger charge is -2.34. The van der Waals surface area contributed by atoms with E-state index in [0.717, 1.165) is 105 Å². The Bertz CT molecular complexity index is 3130. The Hall–Kier alpha value is -6.78. The van der Waals surface area contributed by atoms with Crippen LogP contribution in [0.2, 0.25) is 0 Å². The van der Waals surface area contributed by atoms with E-state index in [4.69, 9.17) is 10.8 Å². The highest BCUT2D eigenvalue weighted by Gasteiger charge is 2.28. The van der Waals surface area contributed by atoms with Crippen molar-refractivity contribution in [2.24, 2.45) is 0 Å². The SMILES string of the molecule is C.Cc1c(C(=O)O)cc2c(-c3cccc(N(C)C)c3)ccn2c1C(C)N1CCOCC1.Cc1cc(C)c(CNC(=O)c2cc3c(-c4cccc(N(C)C)c4)ccn3c(C(C)N3CCOCC3)c2C)c(=O)[nH]1.[2H]CF. The molecule has 14 nitrogen and oxygen atoms in total. The van der Waals surface area contributed by atoms with Gasteiger partial charge in [-0.3, -0.25) is 23.8 Å². The normalized spacial score (nSPS) is 15.0. The summed E-state index contributed by atoms with van der Waals surface area (Å²) in [7, 11) is 7.10. The number of carboxylic acids is 1. The van der Waals surface area contributed by atoms with E-state index in [2.05, 4.69) is 120 Å². The number of halogens is 1. The van der Waals surface area contributed by atoms with Crippen LogP contribution in [0.5, 0.6) is 0 Å². The van der Waals surface area contributed by atoms with Crippen LogP contribution >= 0.6 is 0 Å². The number of carbonyl (C=O) groups excluding carboxylic acids is 1. The molecule has 2 aliphatic heterocycles. The number of aryl methyl sites for hydroxylation is 2. The third kappa shape index (κ3) is 11.9. The van der Waals surface area contributed by atoms with E-state index in [1.807, 2.05) is 80.2 Å². The van der Waals surface area contributed by atoms with Crippen LogP contribution in [0.3, 0.4) is 0 Å². The van der Waals surface area contributed by atoms with Gasteiger partial charge in [-0.1, -0.05) is 31.7 Å². The van der Waals surface area contributed by atoms with Crippen molar-refractivity contribution < 1.29 is 29.9 Å². The molecule has 0 bridgehead atoms. The Morgan fingerprint density at radius 3 is 1.59 bits per heavy atom. The molecule has 2 saturated heterocycles. The van der Waals surface area contributed by atoms with Crippen LogP contribution in [0.15, 0.2) is 96.1 Å². The predicted octanol–water partition coefficient (Wildman–Crippen LogP) is 9.90. The Morgan fingerprint density at radius 2 is 1.16 bits per heavy atom. The van der Waals surface area contributed by atoms with E-state index < -0.39 is 13.1 Å². The number of H-pyrrole nitrogens is 1. The number of benzene rings is 2. The number of ether oxygens (including phenoxy) is 2. The zero-order chi connectivity index (χ0) is 52.7. The molecule has 7 aromatic rings. The summed E-state index contributed by atoms with van der Waals surface area (Å²) in [6.07, 6.45) is 4.18. The van der Waals surface area contributed by atoms with E-state index >= 15 is 0 Å². The Kier molecular flexibility index (Phi) is 18.0. The number of aromatic amines is 1. The number of alkyl halides is 1. The molecule has 2 unspecified atom stereocenters. The summed E-state index contributed by atoms with van der Waals surface area (Å²) < 4.78 is 31.0. The highest BCUT2D eigenvalue weighted by atomic mass is 19.1. The van der Waals surface area contributed by atoms with Crippen molar-refractivity contribution in [1.29, 1.82) is 0 Å². The minimum Gasteiger partial charge on any atom is -0.478 e. The van der Waals surface area contributed by atoms with Gasteiger partial charge in [-0.15, -0.1) is 0 Å². The van der Waals surface area contributed by atoms with Gasteiger partial charge in [-0.25, -0.2) is 4.79 Å². The third-order valence-electron chi connectivity index (χ3n) is 14.2. The van der Waals surface area contributed by atoms with Gasteiger partial charge in [0.25, 0.3) is 11.5 Å². The van der Waals surface area contributed by atoms with Crippen LogP contribution in [0.25, 0.3) is 33.3 Å². The zero-order valence-corrected chi connectivity index (χ0v) is 43.4. The fourth-order valence-electron chi connectivity index (χ4n) is 10.3. The van der Waals surface area contributed by atoms with Crippen LogP contribution in [0, 0.1) is 27.7 Å². The number of nitrogens with zero attached hydrogens (tertiary/aromatic N) is 6. The maximum atomic E-state index is 13.8. The number of hydrogen-bond acceptors (Lipinski definition) is 9. The van der Waals surface area contributed by atoms with E-state index in [-0.39, 0.29) is 37.5 Å². The number of morpholine rings is 2. The van der Waals surface area contributed by atoms with Crippen molar-refractivity contribution in [2.75, 3.05) is 97.8 Å². The molecule has 1 amide bonds. The van der Waals surface area contributed by atoms with Crippen LogP contribution < -0.4 is 20.7 Å². The summed E-state index contributed by atoms with van der Waals surface area (Å²) in [4.78, 5) is 50.2. The molecule has 73 heavy (non-hydrogen) atoms. The van der Waals surface area contributed by atoms with Crippen LogP contribution in [-0.2, 0) is 16.0 Å². The molecule has 7 heterocycles. The van der Waals surface area contributed by atoms with Crippen LogP contribution in [0.1, 0.15) is 94.8 Å². The van der Waals surface area contributed by atoms with Gasteiger partial charge < -0.3 is 43.5 Å². The van der Waals surface area contributed by atoms with E-state index in [0.29, 0.717) is 43.1 Å². The highest BCUT2D eigenvalue weighted by molar-refractivity contribution is 5.99. The lowest BCUT2D eigenvalue weighted by Crippen LogP contribution is -2.39. The summed E-state index contributed by atoms with van der Waals surface area (Å²) in [6, 6.07) is 26.9. The number of rotatable bonds is 12. The standard InChI is InChI=1S/C32H39N5O3.C24H29N3O3.CH3F.CH4/c1-20-16-21(2)34-32(39)28(20)19-33-31(38)27-18-29-26(24-8-7-9-25(17-24)35(5)6)10-11-37(29)30(22(27)3)23(4)36-12-14-40-15-13-36;1-16-21(24(28)29)15-22-20(18-6-5-7-19(14-18)25(3)4)8-9-27(22)23(16)17(2)26-10-12-30-13-11-26;1-2;/h7-11,16-18,23H,12-15,19H2,1-6H3,(H,33,38)(H,34,39);5-9,14-15,17H,10-13H2,1-4H3,(H,28,29);1H3;1H4/i;;1D;. The maximum Gasteiger partial charge on any atom is 0.336 e. The molecule has 2 fully saturated rings. The molecule has 15 heteroatoms. The number of aromatic carboxylic acids is 1. The largest absolute Gasteiger partial charge is 0.478 e. The first kappa shape index (κ1) is 54.0. The second kappa shape index (κ2) is 24.3. The summed E-state index contributed by atoms with van der Waals surface area (Å²) in [5, 5.41) is 12.9. The van der Waals surface area contributed by atoms with Crippen molar-refractivity contribution >= 4 is 34.3 Å². The van der Waals surface area contributed by atoms with Crippen LogP contribution in [0.4, 0.5) is 15.8 Å². The van der Waals surface area contributed by atoms with Gasteiger partial charge in [0, 0.05) is 136 Å². The number of hydrogen-bond donors (Lipinski definition) is 3. The second-order valence-electron chi connectivity index (χ2n) is 19.1. The monoisotopic (exact) mass is 1000 g/mol. The number of amides is 1. The summed E-state index contributed by atoms with van der Waals surface area (Å²) >= 11 is 0. The number of anilines is 2. The average molecular weight is 1000 g/mol. The van der Waals surface area contributed by atoms with E-state index in [1.54, 1.807) is 0 Å². The maximum absolute atomic E-state index is 13.8. The van der Waals surface area contributed by atoms with Crippen molar-refractivity contribution in [3.05, 3.63) is 152 Å². The minimum atomic E-state index is -1.00. The van der Waals surface area contributed by atoms with Gasteiger partial charge in [-0.05, 0) is 124 Å². The van der Waals surface area contributed by atoms with Crippen molar-refractivity contribution in [3.8, 4) is 22.3 Å². The first-order valence-corrected chi connectivity index (χ1v) is 24.5. The number of aromatic nitrogens is 3. The summed E-state index contributed by atoms with van der Waals surface area (Å²) in [5.41, 5.74) is 15.3. The van der Waals surface area contributed by atoms with Gasteiger partial charge in [0.05, 0.1) is 51.5 Å². The molecule has 2 aliphatic rings. The number of nitrogens with one attached hydrogen (secondary N) is 2. The van der Waals surface area contributed by atoms with Gasteiger partial charge in [-0.2, -0.15) is 0 Å². The van der Waals surface area contributed by atoms with Crippen molar-refractivity contribution in [1.82, 2.24) is 28.9 Å². The quantitative estimate of drug-likeness (QED) is 0.108. The van der Waals surface area contributed by atoms with Crippen molar-refractivity contribution in [3.63, 3.8) is 0 Å². The zero-order valence-electron chi connectivity index (χ0n) is 44.4. The molecule has 0 radical (unpaired) electrons. The van der Waals surface area contributed by atoms with Gasteiger partial charge >= 0.3 is 5.97 Å². The molecular weight excluding hydrogens is 924 g/mol. The fourth-order valence-corrected chi connectivity index (χ4v) is 10.3. The molecule has 0 saturated carbocycles. The molecule has 390 valence electrons. The Morgan fingerprint density at radius 1 is 0.726 bits per heavy atom. The minimum absolute atomic E-state index is 0. The molecule has 5 aromatic heterocycles. The Labute approximate surface area is 431 Å². The topological polar surface area (TPSA) is 140 Å². The smallest absolute Gasteiger partial charge is 0.336 e. The lowest BCUT2D eigenvalue weighted by molar-refractivity contribution is 0.0186. The van der Waals surface area contributed by atoms with Gasteiger partial charge in [0.15, 0.2) is 0 Å². The molecule has 0 spiro atoms. The molecular formula is C58H75FN8O6.